The van der Waals surface area contributed by atoms with Crippen molar-refractivity contribution >= 4 is 6.08 Å². The van der Waals surface area contributed by atoms with E-state index in [2.05, 4.69) is 6.58 Å². The lowest BCUT2D eigenvalue weighted by molar-refractivity contribution is 0.112. The number of rotatable bonds is 7. The van der Waals surface area contributed by atoms with Crippen LogP contribution in [0.25, 0.3) is 6.08 Å². The van der Waals surface area contributed by atoms with E-state index in [4.69, 9.17) is 9.84 Å². The van der Waals surface area contributed by atoms with Gasteiger partial charge in [-0.15, -0.1) is 0 Å². The maximum absolute atomic E-state index is 8.60. The molecule has 0 saturated heterocycles. The zero-order chi connectivity index (χ0) is 10.9. The van der Waals surface area contributed by atoms with E-state index in [1.54, 1.807) is 0 Å². The Labute approximate surface area is 91.2 Å². The van der Waals surface area contributed by atoms with Gasteiger partial charge in [-0.1, -0.05) is 36.9 Å². The summed E-state index contributed by atoms with van der Waals surface area (Å²) < 4.78 is 5.51. The Bertz CT molecular complexity index is 294. The molecule has 2 heteroatoms. The molecular formula is C13H18O2. The molecule has 0 heterocycles. The molecule has 82 valence electrons. The highest BCUT2D eigenvalue weighted by molar-refractivity contribution is 5.51. The third-order valence-corrected chi connectivity index (χ3v) is 2.23. The molecule has 0 aliphatic rings. The van der Waals surface area contributed by atoms with Crippen molar-refractivity contribution < 1.29 is 9.84 Å². The molecule has 0 amide bonds. The SMILES string of the molecule is C=Cc1ccccc1COCCCCO. The fourth-order valence-electron chi connectivity index (χ4n) is 1.36. The normalized spacial score (nSPS) is 10.2. The topological polar surface area (TPSA) is 29.5 Å². The Balaban J connectivity index is 2.33. The van der Waals surface area contributed by atoms with Crippen molar-refractivity contribution in [3.05, 3.63) is 42.0 Å². The predicted molar refractivity (Wildman–Crippen MR) is 62.5 cm³/mol. The molecule has 1 rings (SSSR count). The third-order valence-electron chi connectivity index (χ3n) is 2.23. The van der Waals surface area contributed by atoms with Crippen LogP contribution < -0.4 is 0 Å². The number of unbranched alkanes of at least 4 members (excludes halogenated alkanes) is 1. The minimum absolute atomic E-state index is 0.243. The Hall–Kier alpha value is -1.12. The van der Waals surface area contributed by atoms with Gasteiger partial charge in [0.05, 0.1) is 6.61 Å². The Morgan fingerprint density at radius 2 is 2.07 bits per heavy atom. The molecule has 0 aromatic heterocycles. The zero-order valence-corrected chi connectivity index (χ0v) is 8.98. The summed E-state index contributed by atoms with van der Waals surface area (Å²) in [6.45, 7) is 5.32. The first-order valence-electron chi connectivity index (χ1n) is 5.27. The van der Waals surface area contributed by atoms with Crippen LogP contribution in [-0.2, 0) is 11.3 Å². The molecule has 0 aliphatic carbocycles. The molecule has 15 heavy (non-hydrogen) atoms. The van der Waals surface area contributed by atoms with Crippen LogP contribution in [0.1, 0.15) is 24.0 Å². The van der Waals surface area contributed by atoms with Gasteiger partial charge in [0.15, 0.2) is 0 Å². The maximum atomic E-state index is 8.60. The van der Waals surface area contributed by atoms with Crippen LogP contribution in [0.15, 0.2) is 30.8 Å². The quantitative estimate of drug-likeness (QED) is 0.695. The van der Waals surface area contributed by atoms with Gasteiger partial charge in [0.2, 0.25) is 0 Å². The molecule has 0 spiro atoms. The van der Waals surface area contributed by atoms with Crippen LogP contribution in [0.4, 0.5) is 0 Å². The van der Waals surface area contributed by atoms with Crippen molar-refractivity contribution in [3.8, 4) is 0 Å². The molecule has 1 aromatic rings. The van der Waals surface area contributed by atoms with Gasteiger partial charge in [0.25, 0.3) is 0 Å². The third kappa shape index (κ3) is 4.28. The van der Waals surface area contributed by atoms with Gasteiger partial charge in [0, 0.05) is 13.2 Å². The number of hydrogen-bond acceptors (Lipinski definition) is 2. The summed E-state index contributed by atoms with van der Waals surface area (Å²) in [7, 11) is 0. The molecule has 0 bridgehead atoms. The van der Waals surface area contributed by atoms with Gasteiger partial charge in [-0.2, -0.15) is 0 Å². The molecule has 0 radical (unpaired) electrons. The summed E-state index contributed by atoms with van der Waals surface area (Å²) in [4.78, 5) is 0. The monoisotopic (exact) mass is 206 g/mol. The van der Waals surface area contributed by atoms with Crippen molar-refractivity contribution in [2.75, 3.05) is 13.2 Å². The molecule has 1 N–H and O–H groups in total. The molecule has 0 unspecified atom stereocenters. The van der Waals surface area contributed by atoms with E-state index < -0.39 is 0 Å². The standard InChI is InChI=1S/C13H18O2/c1-2-12-7-3-4-8-13(12)11-15-10-6-5-9-14/h2-4,7-8,14H,1,5-6,9-11H2. The lowest BCUT2D eigenvalue weighted by atomic mass is 10.1. The van der Waals surface area contributed by atoms with Gasteiger partial charge in [-0.05, 0) is 24.0 Å². The number of ether oxygens (including phenoxy) is 1. The fourth-order valence-corrected chi connectivity index (χ4v) is 1.36. The molecule has 0 fully saturated rings. The van der Waals surface area contributed by atoms with Crippen LogP contribution in [0.5, 0.6) is 0 Å². The largest absolute Gasteiger partial charge is 0.396 e. The van der Waals surface area contributed by atoms with Crippen LogP contribution >= 0.6 is 0 Å². The van der Waals surface area contributed by atoms with E-state index in [0.717, 1.165) is 24.0 Å². The Morgan fingerprint density at radius 3 is 2.80 bits per heavy atom. The van der Waals surface area contributed by atoms with Crippen LogP contribution in [0.2, 0.25) is 0 Å². The van der Waals surface area contributed by atoms with Gasteiger partial charge in [-0.25, -0.2) is 0 Å². The number of aliphatic hydroxyl groups is 1. The van der Waals surface area contributed by atoms with Crippen molar-refractivity contribution in [1.82, 2.24) is 0 Å². The highest BCUT2D eigenvalue weighted by Gasteiger charge is 1.97. The summed E-state index contributed by atoms with van der Waals surface area (Å²) in [6.07, 6.45) is 3.56. The Morgan fingerprint density at radius 1 is 1.27 bits per heavy atom. The summed E-state index contributed by atoms with van der Waals surface area (Å²) in [6, 6.07) is 8.06. The van der Waals surface area contributed by atoms with Gasteiger partial charge in [-0.3, -0.25) is 0 Å². The predicted octanol–water partition coefficient (Wildman–Crippen LogP) is 2.62. The number of benzene rings is 1. The van der Waals surface area contributed by atoms with E-state index >= 15 is 0 Å². The van der Waals surface area contributed by atoms with Crippen molar-refractivity contribution in [2.24, 2.45) is 0 Å². The highest BCUT2D eigenvalue weighted by Crippen LogP contribution is 2.11. The summed E-state index contributed by atoms with van der Waals surface area (Å²) in [5.41, 5.74) is 2.29. The smallest absolute Gasteiger partial charge is 0.0722 e. The lowest BCUT2D eigenvalue weighted by Crippen LogP contribution is -1.98. The summed E-state index contributed by atoms with van der Waals surface area (Å²) in [5, 5.41) is 8.60. The van der Waals surface area contributed by atoms with E-state index in [0.29, 0.717) is 13.2 Å². The molecule has 0 saturated carbocycles. The second-order valence-electron chi connectivity index (χ2n) is 3.39. The summed E-state index contributed by atoms with van der Waals surface area (Å²) >= 11 is 0. The first kappa shape index (κ1) is 12.0. The Kier molecular flexibility index (Phi) is 5.74. The molecule has 0 atom stereocenters. The maximum Gasteiger partial charge on any atom is 0.0722 e. The average Bonchev–Trinajstić information content (AvgIpc) is 2.29. The summed E-state index contributed by atoms with van der Waals surface area (Å²) in [5.74, 6) is 0. The number of aliphatic hydroxyl groups excluding tert-OH is 1. The lowest BCUT2D eigenvalue weighted by Gasteiger charge is -2.06. The second-order valence-corrected chi connectivity index (χ2v) is 3.39. The van der Waals surface area contributed by atoms with Gasteiger partial charge >= 0.3 is 0 Å². The van der Waals surface area contributed by atoms with E-state index in [9.17, 15) is 0 Å². The molecule has 1 aromatic carbocycles. The van der Waals surface area contributed by atoms with Crippen LogP contribution in [0, 0.1) is 0 Å². The van der Waals surface area contributed by atoms with E-state index in [1.807, 2.05) is 30.3 Å². The van der Waals surface area contributed by atoms with E-state index in [1.165, 1.54) is 0 Å². The van der Waals surface area contributed by atoms with Gasteiger partial charge in [0.1, 0.15) is 0 Å². The van der Waals surface area contributed by atoms with Crippen molar-refractivity contribution in [1.29, 1.82) is 0 Å². The average molecular weight is 206 g/mol. The second kappa shape index (κ2) is 7.21. The first-order valence-corrected chi connectivity index (χ1v) is 5.27. The van der Waals surface area contributed by atoms with Crippen molar-refractivity contribution in [2.45, 2.75) is 19.4 Å². The first-order chi connectivity index (χ1) is 7.38. The minimum Gasteiger partial charge on any atom is -0.396 e. The molecular weight excluding hydrogens is 188 g/mol. The molecule has 0 aliphatic heterocycles. The zero-order valence-electron chi connectivity index (χ0n) is 8.98. The van der Waals surface area contributed by atoms with Crippen LogP contribution in [0.3, 0.4) is 0 Å². The minimum atomic E-state index is 0.243. The van der Waals surface area contributed by atoms with Gasteiger partial charge < -0.3 is 9.84 Å². The number of hydrogen-bond donors (Lipinski definition) is 1. The molecule has 2 nitrogen and oxygen atoms in total. The van der Waals surface area contributed by atoms with Crippen LogP contribution in [-0.4, -0.2) is 18.3 Å². The van der Waals surface area contributed by atoms with E-state index in [-0.39, 0.29) is 6.61 Å². The van der Waals surface area contributed by atoms with Crippen molar-refractivity contribution in [3.63, 3.8) is 0 Å². The highest BCUT2D eigenvalue weighted by atomic mass is 16.5. The fraction of sp³-hybridized carbons (Fsp3) is 0.385.